The highest BCUT2D eigenvalue weighted by molar-refractivity contribution is 6.05. The molecule has 0 unspecified atom stereocenters. The third-order valence-electron chi connectivity index (χ3n) is 6.43. The molecule has 172 valence electrons. The number of methoxy groups -OCH3 is 1. The summed E-state index contributed by atoms with van der Waals surface area (Å²) in [5.74, 6) is 0.455. The average molecular weight is 454 g/mol. The normalized spacial score (nSPS) is 13.5. The van der Waals surface area contributed by atoms with Crippen LogP contribution in [0.2, 0.25) is 0 Å². The average Bonchev–Trinajstić information content (AvgIpc) is 2.85. The van der Waals surface area contributed by atoms with Crippen molar-refractivity contribution in [3.05, 3.63) is 94.7 Å². The molecule has 1 aromatic heterocycles. The number of carbonyl (C=O) groups excluding carboxylic acids is 1. The highest BCUT2D eigenvalue weighted by Gasteiger charge is 2.22. The number of nitrogens with one attached hydrogen (secondary N) is 1. The molecule has 3 aromatic carbocycles. The lowest BCUT2D eigenvalue weighted by atomic mass is 9.93. The number of rotatable bonds is 5. The summed E-state index contributed by atoms with van der Waals surface area (Å²) in [6.45, 7) is 4.35. The minimum Gasteiger partial charge on any atom is -0.504 e. The molecule has 2 heterocycles. The van der Waals surface area contributed by atoms with Gasteiger partial charge in [-0.15, -0.1) is 0 Å². The number of benzene rings is 3. The third kappa shape index (κ3) is 4.32. The Morgan fingerprint density at radius 3 is 2.76 bits per heavy atom. The van der Waals surface area contributed by atoms with Crippen LogP contribution >= 0.6 is 0 Å². The maximum Gasteiger partial charge on any atom is 0.255 e. The van der Waals surface area contributed by atoms with E-state index in [9.17, 15) is 9.90 Å². The zero-order chi connectivity index (χ0) is 23.7. The third-order valence-corrected chi connectivity index (χ3v) is 6.43. The molecule has 0 saturated carbocycles. The van der Waals surface area contributed by atoms with Gasteiger partial charge in [0.2, 0.25) is 0 Å². The fourth-order valence-electron chi connectivity index (χ4n) is 4.61. The Kier molecular flexibility index (Phi) is 5.90. The molecule has 5 rings (SSSR count). The monoisotopic (exact) mass is 453 g/mol. The first-order chi connectivity index (χ1) is 16.5. The summed E-state index contributed by atoms with van der Waals surface area (Å²) in [5, 5.41) is 14.2. The molecule has 1 aliphatic rings. The lowest BCUT2D eigenvalue weighted by molar-refractivity contribution is 0.102. The quantitative estimate of drug-likeness (QED) is 0.441. The molecule has 1 aliphatic heterocycles. The molecular weight excluding hydrogens is 426 g/mol. The van der Waals surface area contributed by atoms with E-state index < -0.39 is 0 Å². The molecular formula is C28H27N3O3. The molecule has 2 N–H and O–H groups in total. The number of nitrogens with zero attached hydrogens (tertiary/aromatic N) is 2. The van der Waals surface area contributed by atoms with Crippen molar-refractivity contribution in [1.82, 2.24) is 9.88 Å². The van der Waals surface area contributed by atoms with Crippen molar-refractivity contribution < 1.29 is 14.6 Å². The molecule has 0 atom stereocenters. The summed E-state index contributed by atoms with van der Waals surface area (Å²) in [4.78, 5) is 19.8. The molecule has 0 fully saturated rings. The Morgan fingerprint density at radius 1 is 1.15 bits per heavy atom. The molecule has 6 nitrogen and oxygen atoms in total. The number of ether oxygens (including phenoxy) is 1. The van der Waals surface area contributed by atoms with Gasteiger partial charge in [0, 0.05) is 48.5 Å². The molecule has 1 amide bonds. The van der Waals surface area contributed by atoms with Gasteiger partial charge in [-0.3, -0.25) is 14.7 Å². The standard InChI is InChI=1S/C28H27N3O3/c1-18-6-8-21(9-7-18)30-28(33)23-5-3-4-19-16-31(13-11-22(19)23)17-20-10-12-29-25-15-27(34-2)26(32)14-24(20)25/h3-10,12,14-15,32H,11,13,16-17H2,1-2H3,(H,30,33). The second kappa shape index (κ2) is 9.15. The van der Waals surface area contributed by atoms with Gasteiger partial charge in [0.1, 0.15) is 0 Å². The van der Waals surface area contributed by atoms with Crippen LogP contribution in [-0.4, -0.2) is 34.6 Å². The summed E-state index contributed by atoms with van der Waals surface area (Å²) in [7, 11) is 1.53. The summed E-state index contributed by atoms with van der Waals surface area (Å²) < 4.78 is 5.22. The number of hydrogen-bond donors (Lipinski definition) is 2. The predicted octanol–water partition coefficient (Wildman–Crippen LogP) is 5.07. The van der Waals surface area contributed by atoms with Crippen LogP contribution in [0.5, 0.6) is 11.5 Å². The first-order valence-electron chi connectivity index (χ1n) is 11.4. The lowest BCUT2D eigenvalue weighted by Gasteiger charge is -2.30. The summed E-state index contributed by atoms with van der Waals surface area (Å²) >= 11 is 0. The SMILES string of the molecule is COc1cc2nccc(CN3CCc4c(cccc4C(=O)Nc4ccc(C)cc4)C3)c2cc1O. The van der Waals surface area contributed by atoms with E-state index in [4.69, 9.17) is 4.74 Å². The number of aromatic hydroxyl groups is 1. The fourth-order valence-corrected chi connectivity index (χ4v) is 4.61. The number of carbonyl (C=O) groups is 1. The van der Waals surface area contributed by atoms with Gasteiger partial charge < -0.3 is 15.2 Å². The lowest BCUT2D eigenvalue weighted by Crippen LogP contribution is -2.31. The molecule has 0 radical (unpaired) electrons. The van der Waals surface area contributed by atoms with E-state index >= 15 is 0 Å². The summed E-state index contributed by atoms with van der Waals surface area (Å²) in [5.41, 5.74) is 6.88. The van der Waals surface area contributed by atoms with Crippen LogP contribution in [0.1, 0.15) is 32.6 Å². The fraction of sp³-hybridized carbons (Fsp3) is 0.214. The number of phenolic OH excluding ortho intramolecular Hbond substituents is 1. The van der Waals surface area contributed by atoms with E-state index in [-0.39, 0.29) is 11.7 Å². The van der Waals surface area contributed by atoms with E-state index in [1.165, 1.54) is 12.7 Å². The highest BCUT2D eigenvalue weighted by Crippen LogP contribution is 2.33. The number of anilines is 1. The van der Waals surface area contributed by atoms with Crippen LogP contribution in [0, 0.1) is 6.92 Å². The molecule has 0 spiro atoms. The van der Waals surface area contributed by atoms with E-state index in [1.54, 1.807) is 18.3 Å². The number of aryl methyl sites for hydroxylation is 1. The number of phenols is 1. The Labute approximate surface area is 198 Å². The van der Waals surface area contributed by atoms with Gasteiger partial charge in [-0.05, 0) is 60.4 Å². The van der Waals surface area contributed by atoms with Crippen LogP contribution < -0.4 is 10.1 Å². The minimum absolute atomic E-state index is 0.0706. The van der Waals surface area contributed by atoms with Gasteiger partial charge in [-0.2, -0.15) is 0 Å². The van der Waals surface area contributed by atoms with Gasteiger partial charge in [0.05, 0.1) is 12.6 Å². The van der Waals surface area contributed by atoms with Crippen molar-refractivity contribution >= 4 is 22.5 Å². The summed E-state index contributed by atoms with van der Waals surface area (Å²) in [6, 6.07) is 19.3. The number of hydrogen-bond acceptors (Lipinski definition) is 5. The van der Waals surface area contributed by atoms with Crippen LogP contribution in [0.15, 0.2) is 66.9 Å². The molecule has 4 aromatic rings. The van der Waals surface area contributed by atoms with Crippen LogP contribution in [0.4, 0.5) is 5.69 Å². The first-order valence-corrected chi connectivity index (χ1v) is 11.4. The number of fused-ring (bicyclic) bond motifs is 2. The predicted molar refractivity (Wildman–Crippen MR) is 133 cm³/mol. The number of amides is 1. The maximum atomic E-state index is 13.0. The van der Waals surface area contributed by atoms with Crippen molar-refractivity contribution in [2.75, 3.05) is 19.0 Å². The Morgan fingerprint density at radius 2 is 1.97 bits per heavy atom. The highest BCUT2D eigenvalue weighted by atomic mass is 16.5. The van der Waals surface area contributed by atoms with Gasteiger partial charge >= 0.3 is 0 Å². The van der Waals surface area contributed by atoms with Crippen molar-refractivity contribution in [2.45, 2.75) is 26.4 Å². The van der Waals surface area contributed by atoms with E-state index in [2.05, 4.69) is 21.3 Å². The molecule has 0 aliphatic carbocycles. The number of aromatic nitrogens is 1. The van der Waals surface area contributed by atoms with E-state index in [0.717, 1.165) is 64.9 Å². The Hall–Kier alpha value is -3.90. The van der Waals surface area contributed by atoms with Gasteiger partial charge in [0.25, 0.3) is 5.91 Å². The minimum atomic E-state index is -0.0706. The smallest absolute Gasteiger partial charge is 0.255 e. The van der Waals surface area contributed by atoms with E-state index in [1.807, 2.05) is 49.4 Å². The first kappa shape index (κ1) is 21.9. The zero-order valence-corrected chi connectivity index (χ0v) is 19.3. The largest absolute Gasteiger partial charge is 0.504 e. The second-order valence-electron chi connectivity index (χ2n) is 8.74. The van der Waals surface area contributed by atoms with Gasteiger partial charge in [-0.25, -0.2) is 0 Å². The van der Waals surface area contributed by atoms with Crippen LogP contribution in [-0.2, 0) is 19.5 Å². The number of pyridine rings is 1. The second-order valence-corrected chi connectivity index (χ2v) is 8.74. The Bertz CT molecular complexity index is 1370. The van der Waals surface area contributed by atoms with Crippen molar-refractivity contribution in [2.24, 2.45) is 0 Å². The van der Waals surface area contributed by atoms with Crippen molar-refractivity contribution in [3.63, 3.8) is 0 Å². The summed E-state index contributed by atoms with van der Waals surface area (Å²) in [6.07, 6.45) is 2.59. The zero-order valence-electron chi connectivity index (χ0n) is 19.3. The van der Waals surface area contributed by atoms with Crippen molar-refractivity contribution in [3.8, 4) is 11.5 Å². The van der Waals surface area contributed by atoms with Gasteiger partial charge in [0.15, 0.2) is 11.5 Å². The van der Waals surface area contributed by atoms with Crippen LogP contribution in [0.3, 0.4) is 0 Å². The van der Waals surface area contributed by atoms with Gasteiger partial charge in [-0.1, -0.05) is 29.8 Å². The van der Waals surface area contributed by atoms with Crippen LogP contribution in [0.25, 0.3) is 10.9 Å². The molecule has 0 bridgehead atoms. The van der Waals surface area contributed by atoms with E-state index in [0.29, 0.717) is 5.75 Å². The van der Waals surface area contributed by atoms with Crippen molar-refractivity contribution in [1.29, 1.82) is 0 Å². The molecule has 0 saturated heterocycles. The molecule has 34 heavy (non-hydrogen) atoms. The molecule has 6 heteroatoms. The maximum absolute atomic E-state index is 13.0. The Balaban J connectivity index is 1.36. The topological polar surface area (TPSA) is 74.7 Å².